The van der Waals surface area contributed by atoms with Crippen LogP contribution in [0.5, 0.6) is 0 Å². The van der Waals surface area contributed by atoms with Gasteiger partial charge in [-0.05, 0) is 30.3 Å². The van der Waals surface area contributed by atoms with E-state index in [1.807, 2.05) is 30.3 Å². The molecule has 19 heavy (non-hydrogen) atoms. The Balaban J connectivity index is 1.80. The molecule has 2 aromatic carbocycles. The highest BCUT2D eigenvalue weighted by Gasteiger charge is 2.07. The van der Waals surface area contributed by atoms with Crippen LogP contribution in [0.4, 0.5) is 5.69 Å². The van der Waals surface area contributed by atoms with E-state index in [0.717, 1.165) is 16.0 Å². The Morgan fingerprint density at radius 3 is 2.89 bits per heavy atom. The molecule has 0 saturated carbocycles. The average Bonchev–Trinajstić information content (AvgIpc) is 2.82. The van der Waals surface area contributed by atoms with Crippen LogP contribution in [-0.2, 0) is 5.75 Å². The molecule has 0 aliphatic carbocycles. The molecule has 0 spiro atoms. The highest BCUT2D eigenvalue weighted by atomic mass is 35.5. The Morgan fingerprint density at radius 2 is 2.05 bits per heavy atom. The summed E-state index contributed by atoms with van der Waals surface area (Å²) in [7, 11) is 0. The molecule has 0 unspecified atom stereocenters. The zero-order valence-electron chi connectivity index (χ0n) is 9.97. The first-order valence-corrected chi connectivity index (χ1v) is 7.11. The summed E-state index contributed by atoms with van der Waals surface area (Å²) in [5.41, 5.74) is 8.12. The first-order chi connectivity index (χ1) is 9.22. The van der Waals surface area contributed by atoms with Gasteiger partial charge in [-0.25, -0.2) is 4.98 Å². The molecule has 3 nitrogen and oxygen atoms in total. The van der Waals surface area contributed by atoms with Crippen LogP contribution in [0.3, 0.4) is 0 Å². The number of anilines is 1. The molecule has 0 radical (unpaired) electrons. The van der Waals surface area contributed by atoms with Crippen molar-refractivity contribution in [3.63, 3.8) is 0 Å². The Hall–Kier alpha value is -1.65. The number of rotatable bonds is 3. The predicted molar refractivity (Wildman–Crippen MR) is 79.4 cm³/mol. The van der Waals surface area contributed by atoms with E-state index in [1.54, 1.807) is 23.9 Å². The SMILES string of the molecule is Nc1ccc(Cl)c(SCc2nc3ccccc3o2)c1. The molecule has 0 aliphatic heterocycles. The Labute approximate surface area is 119 Å². The molecule has 5 heteroatoms. The van der Waals surface area contributed by atoms with Crippen molar-refractivity contribution in [1.29, 1.82) is 0 Å². The van der Waals surface area contributed by atoms with E-state index in [4.69, 9.17) is 21.8 Å². The average molecular weight is 291 g/mol. The summed E-state index contributed by atoms with van der Waals surface area (Å²) >= 11 is 7.68. The largest absolute Gasteiger partial charge is 0.440 e. The summed E-state index contributed by atoms with van der Waals surface area (Å²) in [6, 6.07) is 13.1. The van der Waals surface area contributed by atoms with E-state index in [-0.39, 0.29) is 0 Å². The van der Waals surface area contributed by atoms with Crippen molar-refractivity contribution in [2.24, 2.45) is 0 Å². The number of thioether (sulfide) groups is 1. The van der Waals surface area contributed by atoms with Gasteiger partial charge in [0, 0.05) is 10.6 Å². The number of oxazole rings is 1. The van der Waals surface area contributed by atoms with Crippen molar-refractivity contribution < 1.29 is 4.42 Å². The molecule has 0 amide bonds. The third-order valence-electron chi connectivity index (χ3n) is 2.64. The molecular weight excluding hydrogens is 280 g/mol. The zero-order chi connectivity index (χ0) is 13.2. The van der Waals surface area contributed by atoms with Gasteiger partial charge in [-0.3, -0.25) is 0 Å². The fraction of sp³-hybridized carbons (Fsp3) is 0.0714. The van der Waals surface area contributed by atoms with Crippen LogP contribution in [0.1, 0.15) is 5.89 Å². The van der Waals surface area contributed by atoms with Gasteiger partial charge in [0.2, 0.25) is 5.89 Å². The fourth-order valence-electron chi connectivity index (χ4n) is 1.75. The lowest BCUT2D eigenvalue weighted by Crippen LogP contribution is -1.86. The van der Waals surface area contributed by atoms with Crippen LogP contribution in [0.2, 0.25) is 5.02 Å². The molecule has 3 rings (SSSR count). The van der Waals surface area contributed by atoms with Crippen molar-refractivity contribution >= 4 is 40.1 Å². The van der Waals surface area contributed by atoms with Crippen LogP contribution < -0.4 is 5.73 Å². The maximum Gasteiger partial charge on any atom is 0.205 e. The van der Waals surface area contributed by atoms with Crippen molar-refractivity contribution in [3.05, 3.63) is 53.4 Å². The van der Waals surface area contributed by atoms with E-state index < -0.39 is 0 Å². The van der Waals surface area contributed by atoms with Gasteiger partial charge in [0.1, 0.15) is 5.52 Å². The number of para-hydroxylation sites is 2. The number of nitrogen functional groups attached to an aromatic ring is 1. The second kappa shape index (κ2) is 5.15. The quantitative estimate of drug-likeness (QED) is 0.575. The molecule has 0 aliphatic rings. The number of hydrogen-bond acceptors (Lipinski definition) is 4. The standard InChI is InChI=1S/C14H11ClN2OS/c15-10-6-5-9(16)7-13(10)19-8-14-17-11-3-1-2-4-12(11)18-14/h1-7H,8,16H2. The van der Waals surface area contributed by atoms with Gasteiger partial charge in [-0.1, -0.05) is 23.7 Å². The monoisotopic (exact) mass is 290 g/mol. The minimum absolute atomic E-state index is 0.623. The van der Waals surface area contributed by atoms with Crippen molar-refractivity contribution in [1.82, 2.24) is 4.98 Å². The van der Waals surface area contributed by atoms with Gasteiger partial charge < -0.3 is 10.2 Å². The van der Waals surface area contributed by atoms with Gasteiger partial charge in [-0.15, -0.1) is 11.8 Å². The summed E-state index contributed by atoms with van der Waals surface area (Å²) in [6.45, 7) is 0. The second-order valence-corrected chi connectivity index (χ2v) is 5.48. The smallest absolute Gasteiger partial charge is 0.205 e. The molecule has 1 heterocycles. The Kier molecular flexibility index (Phi) is 3.36. The van der Waals surface area contributed by atoms with Crippen LogP contribution in [0, 0.1) is 0 Å². The van der Waals surface area contributed by atoms with E-state index in [0.29, 0.717) is 22.4 Å². The van der Waals surface area contributed by atoms with Crippen LogP contribution in [-0.4, -0.2) is 4.98 Å². The first kappa shape index (κ1) is 12.4. The van der Waals surface area contributed by atoms with E-state index in [1.165, 1.54) is 0 Å². The molecule has 1 aromatic heterocycles. The highest BCUT2D eigenvalue weighted by molar-refractivity contribution is 7.98. The Bertz CT molecular complexity index is 693. The molecule has 3 aromatic rings. The van der Waals surface area contributed by atoms with E-state index in [9.17, 15) is 0 Å². The molecular formula is C14H11ClN2OS. The van der Waals surface area contributed by atoms with Crippen molar-refractivity contribution in [2.45, 2.75) is 10.6 Å². The maximum atomic E-state index is 6.11. The highest BCUT2D eigenvalue weighted by Crippen LogP contribution is 2.31. The van der Waals surface area contributed by atoms with Crippen molar-refractivity contribution in [2.75, 3.05) is 5.73 Å². The number of benzene rings is 2. The van der Waals surface area contributed by atoms with Gasteiger partial charge >= 0.3 is 0 Å². The number of hydrogen-bond donors (Lipinski definition) is 1. The van der Waals surface area contributed by atoms with Crippen molar-refractivity contribution in [3.8, 4) is 0 Å². The summed E-state index contributed by atoms with van der Waals surface area (Å²) < 4.78 is 5.65. The first-order valence-electron chi connectivity index (χ1n) is 5.74. The molecule has 0 fully saturated rings. The number of nitrogens with two attached hydrogens (primary N) is 1. The minimum Gasteiger partial charge on any atom is -0.440 e. The van der Waals surface area contributed by atoms with Crippen LogP contribution in [0.15, 0.2) is 51.8 Å². The van der Waals surface area contributed by atoms with Gasteiger partial charge in [0.05, 0.1) is 10.8 Å². The molecule has 96 valence electrons. The Morgan fingerprint density at radius 1 is 1.21 bits per heavy atom. The minimum atomic E-state index is 0.623. The third-order valence-corrected chi connectivity index (χ3v) is 4.13. The van der Waals surface area contributed by atoms with Crippen LogP contribution >= 0.6 is 23.4 Å². The zero-order valence-corrected chi connectivity index (χ0v) is 11.5. The normalized spacial score (nSPS) is 11.0. The maximum absolute atomic E-state index is 6.11. The molecule has 0 bridgehead atoms. The third kappa shape index (κ3) is 2.69. The number of fused-ring (bicyclic) bond motifs is 1. The molecule has 0 atom stereocenters. The number of nitrogens with zero attached hydrogens (tertiary/aromatic N) is 1. The topological polar surface area (TPSA) is 52.0 Å². The second-order valence-electron chi connectivity index (χ2n) is 4.05. The summed E-state index contributed by atoms with van der Waals surface area (Å²) in [5, 5.41) is 0.690. The number of aromatic nitrogens is 1. The predicted octanol–water partition coefficient (Wildman–Crippen LogP) is 4.36. The van der Waals surface area contributed by atoms with E-state index in [2.05, 4.69) is 4.98 Å². The number of halogens is 1. The van der Waals surface area contributed by atoms with Gasteiger partial charge in [0.15, 0.2) is 5.58 Å². The van der Waals surface area contributed by atoms with E-state index >= 15 is 0 Å². The lowest BCUT2D eigenvalue weighted by molar-refractivity contribution is 0.556. The molecule has 0 saturated heterocycles. The van der Waals surface area contributed by atoms with Gasteiger partial charge in [0.25, 0.3) is 0 Å². The lowest BCUT2D eigenvalue weighted by atomic mass is 10.3. The summed E-state index contributed by atoms with van der Waals surface area (Å²) in [6.07, 6.45) is 0. The molecule has 2 N–H and O–H groups in total. The van der Waals surface area contributed by atoms with Gasteiger partial charge in [-0.2, -0.15) is 0 Å². The lowest BCUT2D eigenvalue weighted by Gasteiger charge is -2.03. The summed E-state index contributed by atoms with van der Waals surface area (Å²) in [4.78, 5) is 5.35. The fourth-order valence-corrected chi connectivity index (χ4v) is 2.86. The van der Waals surface area contributed by atoms with Crippen LogP contribution in [0.25, 0.3) is 11.1 Å². The summed E-state index contributed by atoms with van der Waals surface area (Å²) in [5.74, 6) is 1.31.